The Morgan fingerprint density at radius 1 is 1.28 bits per heavy atom. The van der Waals surface area contributed by atoms with Gasteiger partial charge in [0.25, 0.3) is 5.91 Å². The number of nitrogens with zero attached hydrogens (tertiary/aromatic N) is 2. The second kappa shape index (κ2) is 7.37. The first-order valence-electron chi connectivity index (χ1n) is 8.68. The van der Waals surface area contributed by atoms with Gasteiger partial charge in [-0.1, -0.05) is 23.7 Å². The fourth-order valence-electron chi connectivity index (χ4n) is 3.15. The molecule has 2 heterocycles. The predicted molar refractivity (Wildman–Crippen MR) is 113 cm³/mol. The molecule has 0 fully saturated rings. The van der Waals surface area contributed by atoms with Crippen LogP contribution in [0.25, 0.3) is 21.8 Å². The fourth-order valence-corrected chi connectivity index (χ4v) is 3.42. The first kappa shape index (κ1) is 18.6. The number of fused-ring (bicyclic) bond motifs is 3. The highest BCUT2D eigenvalue weighted by molar-refractivity contribution is 6.30. The molecule has 0 spiro atoms. The number of nitrogens with one attached hydrogen (secondary N) is 2. The molecule has 1 amide bonds. The van der Waals surface area contributed by atoms with E-state index in [1.165, 1.54) is 18.5 Å². The number of rotatable bonds is 3. The van der Waals surface area contributed by atoms with Crippen LogP contribution in [0.2, 0.25) is 5.15 Å². The number of pyridine rings is 2. The third kappa shape index (κ3) is 3.43. The van der Waals surface area contributed by atoms with E-state index in [2.05, 4.69) is 20.5 Å². The maximum Gasteiger partial charge on any atom is 0.276 e. The van der Waals surface area contributed by atoms with E-state index in [1.807, 2.05) is 6.92 Å². The number of aromatic hydroxyl groups is 1. The summed E-state index contributed by atoms with van der Waals surface area (Å²) in [6.07, 6.45) is 2.53. The Hall–Kier alpha value is -3.71. The van der Waals surface area contributed by atoms with Crippen molar-refractivity contribution in [1.82, 2.24) is 15.4 Å². The first-order valence-corrected chi connectivity index (χ1v) is 9.06. The van der Waals surface area contributed by atoms with E-state index in [0.717, 1.165) is 16.5 Å². The third-order valence-corrected chi connectivity index (χ3v) is 4.74. The minimum absolute atomic E-state index is 0.0292. The van der Waals surface area contributed by atoms with Crippen molar-refractivity contribution in [2.75, 3.05) is 0 Å². The normalized spacial score (nSPS) is 11.4. The number of benzene rings is 2. The average Bonchev–Trinajstić information content (AvgIpc) is 2.69. The molecule has 0 saturated heterocycles. The highest BCUT2D eigenvalue weighted by Gasteiger charge is 2.15. The number of aryl methyl sites for hydroxylation is 1. The number of aromatic amines is 1. The van der Waals surface area contributed by atoms with Gasteiger partial charge in [0.1, 0.15) is 16.5 Å². The van der Waals surface area contributed by atoms with Gasteiger partial charge < -0.3 is 10.1 Å². The molecular formula is C21H15ClN4O3. The van der Waals surface area contributed by atoms with Crippen molar-refractivity contribution in [2.24, 2.45) is 5.10 Å². The van der Waals surface area contributed by atoms with Crippen molar-refractivity contribution < 1.29 is 9.90 Å². The Morgan fingerprint density at radius 2 is 2.07 bits per heavy atom. The number of hydrogen-bond acceptors (Lipinski definition) is 5. The minimum atomic E-state index is -0.685. The Kier molecular flexibility index (Phi) is 4.74. The second-order valence-corrected chi connectivity index (χ2v) is 6.85. The van der Waals surface area contributed by atoms with Crippen LogP contribution >= 0.6 is 11.6 Å². The summed E-state index contributed by atoms with van der Waals surface area (Å²) < 4.78 is 0. The average molecular weight is 407 g/mol. The molecule has 0 atom stereocenters. The van der Waals surface area contributed by atoms with Crippen LogP contribution in [0.4, 0.5) is 0 Å². The maximum atomic E-state index is 12.9. The Morgan fingerprint density at radius 3 is 2.86 bits per heavy atom. The molecule has 144 valence electrons. The van der Waals surface area contributed by atoms with Crippen LogP contribution in [0.1, 0.15) is 21.5 Å². The molecule has 0 aliphatic carbocycles. The lowest BCUT2D eigenvalue weighted by Gasteiger charge is -2.08. The summed E-state index contributed by atoms with van der Waals surface area (Å²) in [5.74, 6) is -0.655. The first-order chi connectivity index (χ1) is 14.0. The van der Waals surface area contributed by atoms with E-state index >= 15 is 0 Å². The van der Waals surface area contributed by atoms with Crippen LogP contribution in [-0.2, 0) is 0 Å². The van der Waals surface area contributed by atoms with Gasteiger partial charge >= 0.3 is 0 Å². The van der Waals surface area contributed by atoms with Crippen molar-refractivity contribution in [3.05, 3.63) is 80.7 Å². The Labute approximate surface area is 169 Å². The second-order valence-electron chi connectivity index (χ2n) is 6.44. The zero-order chi connectivity index (χ0) is 20.5. The number of H-pyrrole nitrogens is 1. The number of para-hydroxylation sites is 1. The number of phenols is 1. The summed E-state index contributed by atoms with van der Waals surface area (Å²) >= 11 is 6.06. The molecule has 2 aromatic carbocycles. The molecule has 7 nitrogen and oxygen atoms in total. The van der Waals surface area contributed by atoms with Crippen LogP contribution in [0, 0.1) is 6.92 Å². The standard InChI is InChI=1S/C21H15ClN4O3/c1-11-8-17(22)25-15-7-6-13-19(18(11)15)23-10-14(20(13)28)21(29)26-24-9-12-4-2-3-5-16(12)27/h2-10,25,27H,1H3,(H,26,29). The number of phenolic OH excluding ortho intramolecular Hbond substituents is 1. The molecule has 29 heavy (non-hydrogen) atoms. The lowest BCUT2D eigenvalue weighted by atomic mass is 10.0. The van der Waals surface area contributed by atoms with Gasteiger partial charge in [0.05, 0.1) is 11.7 Å². The topological polar surface area (TPSA) is 107 Å². The molecular weight excluding hydrogens is 392 g/mol. The van der Waals surface area contributed by atoms with E-state index < -0.39 is 11.3 Å². The fraction of sp³-hybridized carbons (Fsp3) is 0.0476. The summed E-state index contributed by atoms with van der Waals surface area (Å²) in [5.41, 5.74) is 4.27. The van der Waals surface area contributed by atoms with Gasteiger partial charge in [-0.25, -0.2) is 5.43 Å². The number of halogens is 1. The van der Waals surface area contributed by atoms with Gasteiger partial charge in [0, 0.05) is 28.0 Å². The third-order valence-electron chi connectivity index (χ3n) is 4.53. The van der Waals surface area contributed by atoms with Gasteiger partial charge in [-0.15, -0.1) is 0 Å². The zero-order valence-corrected chi connectivity index (χ0v) is 16.0. The molecule has 0 aliphatic heterocycles. The molecule has 4 aromatic rings. The SMILES string of the molecule is Cc1cc(Cl)[nH]c2ccc3c(=O)c(C(=O)NN=Cc4ccccc4O)cnc3c12. The lowest BCUT2D eigenvalue weighted by molar-refractivity contribution is 0.0954. The van der Waals surface area contributed by atoms with Crippen LogP contribution in [-0.4, -0.2) is 27.2 Å². The lowest BCUT2D eigenvalue weighted by Crippen LogP contribution is -2.25. The van der Waals surface area contributed by atoms with E-state index in [0.29, 0.717) is 21.6 Å². The number of carbonyl (C=O) groups excluding carboxylic acids is 1. The Balaban J connectivity index is 1.70. The Bertz CT molecular complexity index is 1360. The van der Waals surface area contributed by atoms with Gasteiger partial charge in [-0.2, -0.15) is 5.10 Å². The number of hydrazone groups is 1. The maximum absolute atomic E-state index is 12.9. The van der Waals surface area contributed by atoms with Crippen molar-refractivity contribution >= 4 is 45.5 Å². The van der Waals surface area contributed by atoms with Gasteiger partial charge in [-0.3, -0.25) is 14.6 Å². The van der Waals surface area contributed by atoms with E-state index in [1.54, 1.807) is 36.4 Å². The summed E-state index contributed by atoms with van der Waals surface area (Å²) in [5, 5.41) is 15.1. The number of aromatic nitrogens is 2. The molecule has 3 N–H and O–H groups in total. The number of amides is 1. The largest absolute Gasteiger partial charge is 0.507 e. The van der Waals surface area contributed by atoms with E-state index in [-0.39, 0.29) is 11.3 Å². The molecule has 2 aromatic heterocycles. The number of carbonyl (C=O) groups is 1. The van der Waals surface area contributed by atoms with E-state index in [9.17, 15) is 14.7 Å². The van der Waals surface area contributed by atoms with Crippen molar-refractivity contribution in [3.8, 4) is 5.75 Å². The highest BCUT2D eigenvalue weighted by atomic mass is 35.5. The molecule has 0 unspecified atom stereocenters. The van der Waals surface area contributed by atoms with Crippen molar-refractivity contribution in [1.29, 1.82) is 0 Å². The smallest absolute Gasteiger partial charge is 0.276 e. The minimum Gasteiger partial charge on any atom is -0.507 e. The predicted octanol–water partition coefficient (Wildman–Crippen LogP) is 3.51. The van der Waals surface area contributed by atoms with Crippen LogP contribution < -0.4 is 10.9 Å². The van der Waals surface area contributed by atoms with E-state index in [4.69, 9.17) is 11.6 Å². The van der Waals surface area contributed by atoms with Crippen molar-refractivity contribution in [2.45, 2.75) is 6.92 Å². The summed E-state index contributed by atoms with van der Waals surface area (Å²) in [6, 6.07) is 11.6. The van der Waals surface area contributed by atoms with Gasteiger partial charge in [-0.05, 0) is 42.8 Å². The van der Waals surface area contributed by atoms with Gasteiger partial charge in [0.2, 0.25) is 5.43 Å². The van der Waals surface area contributed by atoms with Crippen LogP contribution in [0.5, 0.6) is 5.75 Å². The quantitative estimate of drug-likeness (QED) is 0.209. The monoisotopic (exact) mass is 406 g/mol. The molecule has 0 saturated carbocycles. The van der Waals surface area contributed by atoms with Crippen LogP contribution in [0.3, 0.4) is 0 Å². The summed E-state index contributed by atoms with van der Waals surface area (Å²) in [7, 11) is 0. The number of hydrogen-bond donors (Lipinski definition) is 3. The summed E-state index contributed by atoms with van der Waals surface area (Å²) in [6.45, 7) is 1.88. The van der Waals surface area contributed by atoms with Crippen molar-refractivity contribution in [3.63, 3.8) is 0 Å². The molecule has 0 bridgehead atoms. The molecule has 8 heteroatoms. The van der Waals surface area contributed by atoms with Gasteiger partial charge in [0.15, 0.2) is 0 Å². The zero-order valence-electron chi connectivity index (χ0n) is 15.2. The highest BCUT2D eigenvalue weighted by Crippen LogP contribution is 2.26. The molecule has 0 aliphatic rings. The van der Waals surface area contributed by atoms with Crippen LogP contribution in [0.15, 0.2) is 58.6 Å². The molecule has 4 rings (SSSR count). The molecule has 0 radical (unpaired) electrons. The summed E-state index contributed by atoms with van der Waals surface area (Å²) in [4.78, 5) is 32.6.